The quantitative estimate of drug-likeness (QED) is 0.818. The average Bonchev–Trinajstić information content (AvgIpc) is 2.35. The van der Waals surface area contributed by atoms with Crippen molar-refractivity contribution in [1.82, 2.24) is 4.98 Å². The zero-order chi connectivity index (χ0) is 11.7. The van der Waals surface area contributed by atoms with Gasteiger partial charge >= 0.3 is 0 Å². The first kappa shape index (κ1) is 11.2. The number of anilines is 2. The number of pyridine rings is 1. The molecule has 1 N–H and O–H groups in total. The molecule has 0 unspecified atom stereocenters. The number of aromatic nitrogens is 1. The van der Waals surface area contributed by atoms with Crippen molar-refractivity contribution in [1.29, 1.82) is 0 Å². The van der Waals surface area contributed by atoms with Crippen molar-refractivity contribution < 1.29 is 4.79 Å². The second-order valence-electron chi connectivity index (χ2n) is 4.11. The SMILES string of the molecule is CC(C)N1CCC(=O)Nc2cc(Cl)cnc21. The van der Waals surface area contributed by atoms with Gasteiger partial charge in [0.1, 0.15) is 0 Å². The maximum atomic E-state index is 11.5. The minimum atomic E-state index is 0.00784. The van der Waals surface area contributed by atoms with Crippen LogP contribution in [0.2, 0.25) is 5.02 Å². The Hall–Kier alpha value is -1.29. The predicted octanol–water partition coefficient (Wildman–Crippen LogP) is 2.29. The highest BCUT2D eigenvalue weighted by Crippen LogP contribution is 2.29. The Labute approximate surface area is 99.6 Å². The van der Waals surface area contributed by atoms with Gasteiger partial charge in [0.15, 0.2) is 5.82 Å². The summed E-state index contributed by atoms with van der Waals surface area (Å²) in [7, 11) is 0. The molecule has 0 aromatic carbocycles. The van der Waals surface area contributed by atoms with Gasteiger partial charge in [0.05, 0.1) is 10.7 Å². The molecule has 0 saturated heterocycles. The molecule has 1 amide bonds. The topological polar surface area (TPSA) is 45.2 Å². The van der Waals surface area contributed by atoms with E-state index in [0.29, 0.717) is 29.7 Å². The Balaban J connectivity index is 2.46. The van der Waals surface area contributed by atoms with Crippen molar-refractivity contribution in [2.24, 2.45) is 0 Å². The lowest BCUT2D eigenvalue weighted by Gasteiger charge is -2.26. The minimum Gasteiger partial charge on any atom is -0.352 e. The number of halogens is 1. The number of amides is 1. The van der Waals surface area contributed by atoms with E-state index in [1.807, 2.05) is 0 Å². The van der Waals surface area contributed by atoms with Crippen molar-refractivity contribution in [2.45, 2.75) is 26.3 Å². The number of hydrogen-bond acceptors (Lipinski definition) is 3. The molecule has 2 rings (SSSR count). The highest BCUT2D eigenvalue weighted by molar-refractivity contribution is 6.30. The number of nitrogens with zero attached hydrogens (tertiary/aromatic N) is 2. The predicted molar refractivity (Wildman–Crippen MR) is 65.0 cm³/mol. The lowest BCUT2D eigenvalue weighted by Crippen LogP contribution is -2.32. The molecule has 0 saturated carbocycles. The van der Waals surface area contributed by atoms with E-state index in [9.17, 15) is 4.79 Å². The molecule has 1 aromatic rings. The maximum Gasteiger partial charge on any atom is 0.226 e. The van der Waals surface area contributed by atoms with Crippen LogP contribution in [-0.4, -0.2) is 23.5 Å². The van der Waals surface area contributed by atoms with Crippen LogP contribution in [0.4, 0.5) is 11.5 Å². The highest BCUT2D eigenvalue weighted by Gasteiger charge is 2.22. The molecule has 1 aliphatic rings. The Morgan fingerprint density at radius 3 is 3.00 bits per heavy atom. The van der Waals surface area contributed by atoms with Gasteiger partial charge in [-0.15, -0.1) is 0 Å². The van der Waals surface area contributed by atoms with Gasteiger partial charge in [0, 0.05) is 25.2 Å². The fourth-order valence-corrected chi connectivity index (χ4v) is 1.95. The van der Waals surface area contributed by atoms with E-state index in [1.165, 1.54) is 0 Å². The van der Waals surface area contributed by atoms with Gasteiger partial charge in [-0.3, -0.25) is 4.79 Å². The molecule has 1 aromatic heterocycles. The Morgan fingerprint density at radius 1 is 1.56 bits per heavy atom. The van der Waals surface area contributed by atoms with Crippen molar-refractivity contribution in [3.63, 3.8) is 0 Å². The first-order chi connectivity index (χ1) is 7.58. The van der Waals surface area contributed by atoms with E-state index in [-0.39, 0.29) is 5.91 Å². The molecule has 0 radical (unpaired) electrons. The molecule has 0 bridgehead atoms. The number of rotatable bonds is 1. The van der Waals surface area contributed by atoms with Gasteiger partial charge in [-0.1, -0.05) is 11.6 Å². The molecule has 1 aliphatic heterocycles. The van der Waals surface area contributed by atoms with Crippen LogP contribution in [0.15, 0.2) is 12.3 Å². The second kappa shape index (κ2) is 4.29. The molecule has 0 atom stereocenters. The van der Waals surface area contributed by atoms with Crippen LogP contribution in [0.5, 0.6) is 0 Å². The van der Waals surface area contributed by atoms with Gasteiger partial charge in [-0.05, 0) is 19.9 Å². The van der Waals surface area contributed by atoms with Gasteiger partial charge in [0.2, 0.25) is 5.91 Å². The third-order valence-corrected chi connectivity index (χ3v) is 2.79. The normalized spacial score (nSPS) is 15.8. The van der Waals surface area contributed by atoms with Crippen LogP contribution < -0.4 is 10.2 Å². The average molecular weight is 240 g/mol. The molecule has 0 spiro atoms. The Bertz CT molecular complexity index is 420. The van der Waals surface area contributed by atoms with E-state index in [1.54, 1.807) is 12.3 Å². The van der Waals surface area contributed by atoms with Crippen molar-refractivity contribution in [3.8, 4) is 0 Å². The van der Waals surface area contributed by atoms with Gasteiger partial charge < -0.3 is 10.2 Å². The molecule has 4 nitrogen and oxygen atoms in total. The summed E-state index contributed by atoms with van der Waals surface area (Å²) in [5.74, 6) is 0.804. The van der Waals surface area contributed by atoms with Crippen molar-refractivity contribution in [3.05, 3.63) is 17.3 Å². The van der Waals surface area contributed by atoms with Gasteiger partial charge in [-0.2, -0.15) is 0 Å². The smallest absolute Gasteiger partial charge is 0.226 e. The first-order valence-electron chi connectivity index (χ1n) is 5.30. The summed E-state index contributed by atoms with van der Waals surface area (Å²) in [6, 6.07) is 2.04. The molecule has 0 aliphatic carbocycles. The first-order valence-corrected chi connectivity index (χ1v) is 5.68. The minimum absolute atomic E-state index is 0.00784. The lowest BCUT2D eigenvalue weighted by atomic mass is 10.2. The summed E-state index contributed by atoms with van der Waals surface area (Å²) >= 11 is 5.87. The fourth-order valence-electron chi connectivity index (χ4n) is 1.80. The van der Waals surface area contributed by atoms with Crippen LogP contribution in [0.25, 0.3) is 0 Å². The summed E-state index contributed by atoms with van der Waals surface area (Å²) in [5, 5.41) is 3.35. The number of hydrogen-bond donors (Lipinski definition) is 1. The van der Waals surface area contributed by atoms with E-state index >= 15 is 0 Å². The van der Waals surface area contributed by atoms with E-state index in [4.69, 9.17) is 11.6 Å². The molecule has 16 heavy (non-hydrogen) atoms. The molecular weight excluding hydrogens is 226 g/mol. The number of fused-ring (bicyclic) bond motifs is 1. The van der Waals surface area contributed by atoms with Crippen LogP contribution in [0, 0.1) is 0 Å². The maximum absolute atomic E-state index is 11.5. The summed E-state index contributed by atoms with van der Waals surface area (Å²) < 4.78 is 0. The number of nitrogens with one attached hydrogen (secondary N) is 1. The standard InChI is InChI=1S/C11H14ClN3O/c1-7(2)15-4-3-10(16)14-9-5-8(12)6-13-11(9)15/h5-7H,3-4H2,1-2H3,(H,14,16). The largest absolute Gasteiger partial charge is 0.352 e. The van der Waals surface area contributed by atoms with Crippen LogP contribution in [0.3, 0.4) is 0 Å². The third-order valence-electron chi connectivity index (χ3n) is 2.58. The second-order valence-corrected chi connectivity index (χ2v) is 4.55. The zero-order valence-corrected chi connectivity index (χ0v) is 10.1. The third kappa shape index (κ3) is 2.11. The Kier molecular flexibility index (Phi) is 3.01. The van der Waals surface area contributed by atoms with Crippen LogP contribution in [0.1, 0.15) is 20.3 Å². The van der Waals surface area contributed by atoms with Crippen molar-refractivity contribution >= 4 is 29.0 Å². The van der Waals surface area contributed by atoms with Crippen LogP contribution in [-0.2, 0) is 4.79 Å². The molecular formula is C11H14ClN3O. The van der Waals surface area contributed by atoms with Gasteiger partial charge in [0.25, 0.3) is 0 Å². The molecule has 5 heteroatoms. The lowest BCUT2D eigenvalue weighted by molar-refractivity contribution is -0.115. The fraction of sp³-hybridized carbons (Fsp3) is 0.455. The van der Waals surface area contributed by atoms with E-state index in [0.717, 1.165) is 5.82 Å². The summed E-state index contributed by atoms with van der Waals surface area (Å²) in [6.45, 7) is 4.84. The highest BCUT2D eigenvalue weighted by atomic mass is 35.5. The van der Waals surface area contributed by atoms with Crippen LogP contribution >= 0.6 is 11.6 Å². The van der Waals surface area contributed by atoms with Gasteiger partial charge in [-0.25, -0.2) is 4.98 Å². The molecule has 0 fully saturated rings. The summed E-state index contributed by atoms with van der Waals surface area (Å²) in [6.07, 6.45) is 2.08. The van der Waals surface area contributed by atoms with E-state index in [2.05, 4.69) is 29.0 Å². The monoisotopic (exact) mass is 239 g/mol. The van der Waals surface area contributed by atoms with E-state index < -0.39 is 0 Å². The molecule has 86 valence electrons. The van der Waals surface area contributed by atoms with Crippen molar-refractivity contribution in [2.75, 3.05) is 16.8 Å². The molecule has 2 heterocycles. The summed E-state index contributed by atoms with van der Waals surface area (Å²) in [4.78, 5) is 17.9. The Morgan fingerprint density at radius 2 is 2.31 bits per heavy atom. The zero-order valence-electron chi connectivity index (χ0n) is 9.33. The summed E-state index contributed by atoms with van der Waals surface area (Å²) in [5.41, 5.74) is 0.698. The number of carbonyl (C=O) groups excluding carboxylic acids is 1. The number of carbonyl (C=O) groups is 1.